The first kappa shape index (κ1) is 13.4. The van der Waals surface area contributed by atoms with Gasteiger partial charge in [-0.3, -0.25) is 0 Å². The van der Waals surface area contributed by atoms with E-state index in [-0.39, 0.29) is 6.61 Å². The Morgan fingerprint density at radius 1 is 1.50 bits per heavy atom. The lowest BCUT2D eigenvalue weighted by atomic mass is 10.3. The molecule has 0 saturated carbocycles. The van der Waals surface area contributed by atoms with Crippen molar-refractivity contribution in [1.82, 2.24) is 4.98 Å². The van der Waals surface area contributed by atoms with Crippen molar-refractivity contribution < 1.29 is 5.11 Å². The van der Waals surface area contributed by atoms with Crippen molar-refractivity contribution >= 4 is 34.7 Å². The fourth-order valence-corrected chi connectivity index (χ4v) is 3.32. The van der Waals surface area contributed by atoms with Crippen LogP contribution in [-0.4, -0.2) is 16.7 Å². The number of pyridine rings is 1. The van der Waals surface area contributed by atoms with Crippen molar-refractivity contribution in [3.8, 4) is 11.8 Å². The number of aliphatic hydroxyl groups excluding tert-OH is 1. The van der Waals surface area contributed by atoms with Gasteiger partial charge in [-0.1, -0.05) is 35.2 Å². The van der Waals surface area contributed by atoms with Crippen molar-refractivity contribution in [1.29, 1.82) is 0 Å². The molecule has 92 valence electrons. The molecule has 2 aromatic heterocycles. The van der Waals surface area contributed by atoms with Crippen LogP contribution in [0.3, 0.4) is 0 Å². The highest BCUT2D eigenvalue weighted by Crippen LogP contribution is 2.29. The van der Waals surface area contributed by atoms with Crippen molar-refractivity contribution in [2.45, 2.75) is 10.8 Å². The number of aromatic nitrogens is 1. The van der Waals surface area contributed by atoms with Gasteiger partial charge in [-0.25, -0.2) is 4.98 Å². The maximum atomic E-state index is 8.62. The van der Waals surface area contributed by atoms with Crippen LogP contribution in [-0.2, 0) is 5.75 Å². The number of hydrogen-bond donors (Lipinski definition) is 1. The number of nitrogens with zero attached hydrogens (tertiary/aromatic N) is 1. The first-order valence-electron chi connectivity index (χ1n) is 5.20. The molecule has 0 radical (unpaired) electrons. The third kappa shape index (κ3) is 3.76. The molecule has 2 rings (SSSR count). The standard InChI is InChI=1S/C13H10ClNOS2/c14-12-4-1-5-15-13(12)18-9-11-7-10(8-17-11)3-2-6-16/h1,4-5,7-8,16H,6,9H2. The van der Waals surface area contributed by atoms with Crippen LogP contribution in [0.4, 0.5) is 0 Å². The third-order valence-corrected chi connectivity index (χ3v) is 4.63. The zero-order valence-corrected chi connectivity index (χ0v) is 11.8. The summed E-state index contributed by atoms with van der Waals surface area (Å²) in [6.07, 6.45) is 1.74. The molecule has 0 unspecified atom stereocenters. The Bertz CT molecular complexity index is 586. The van der Waals surface area contributed by atoms with E-state index in [1.807, 2.05) is 23.6 Å². The van der Waals surface area contributed by atoms with Crippen molar-refractivity contribution in [3.05, 3.63) is 45.2 Å². The number of hydrogen-bond acceptors (Lipinski definition) is 4. The molecule has 18 heavy (non-hydrogen) atoms. The van der Waals surface area contributed by atoms with E-state index in [2.05, 4.69) is 16.8 Å². The normalized spacial score (nSPS) is 9.89. The van der Waals surface area contributed by atoms with E-state index in [4.69, 9.17) is 16.7 Å². The second-order valence-electron chi connectivity index (χ2n) is 3.34. The molecule has 0 bridgehead atoms. The summed E-state index contributed by atoms with van der Waals surface area (Å²) in [5.41, 5.74) is 0.941. The maximum Gasteiger partial charge on any atom is 0.115 e. The smallest absolute Gasteiger partial charge is 0.115 e. The van der Waals surface area contributed by atoms with Crippen LogP contribution in [0.15, 0.2) is 34.8 Å². The Balaban J connectivity index is 1.98. The van der Waals surface area contributed by atoms with E-state index < -0.39 is 0 Å². The Labute approximate surface area is 119 Å². The van der Waals surface area contributed by atoms with Gasteiger partial charge in [0.15, 0.2) is 0 Å². The summed E-state index contributed by atoms with van der Waals surface area (Å²) in [6, 6.07) is 5.68. The molecule has 2 nitrogen and oxygen atoms in total. The monoisotopic (exact) mass is 295 g/mol. The largest absolute Gasteiger partial charge is 0.384 e. The van der Waals surface area contributed by atoms with Crippen molar-refractivity contribution in [2.24, 2.45) is 0 Å². The van der Waals surface area contributed by atoms with E-state index in [1.54, 1.807) is 29.3 Å². The minimum atomic E-state index is -0.108. The SMILES string of the molecule is OCC#Cc1csc(CSc2ncccc2Cl)c1. The van der Waals surface area contributed by atoms with Crippen LogP contribution in [0, 0.1) is 11.8 Å². The average molecular weight is 296 g/mol. The molecule has 0 aliphatic rings. The second-order valence-corrected chi connectivity index (χ2v) is 5.71. The molecular weight excluding hydrogens is 286 g/mol. The zero-order chi connectivity index (χ0) is 12.8. The number of halogens is 1. The molecule has 2 aromatic rings. The molecule has 0 aromatic carbocycles. The minimum absolute atomic E-state index is 0.108. The first-order chi connectivity index (χ1) is 8.79. The predicted octanol–water partition coefficient (Wildman–Crippen LogP) is 3.43. The summed E-state index contributed by atoms with van der Waals surface area (Å²) in [5, 5.41) is 12.1. The minimum Gasteiger partial charge on any atom is -0.384 e. The quantitative estimate of drug-likeness (QED) is 0.696. The number of aliphatic hydroxyl groups is 1. The van der Waals surface area contributed by atoms with E-state index in [1.165, 1.54) is 4.88 Å². The van der Waals surface area contributed by atoms with Gasteiger partial charge in [-0.05, 0) is 18.2 Å². The molecule has 0 aliphatic heterocycles. The van der Waals surface area contributed by atoms with Crippen LogP contribution in [0.5, 0.6) is 0 Å². The van der Waals surface area contributed by atoms with Gasteiger partial charge in [0.1, 0.15) is 11.6 Å². The summed E-state index contributed by atoms with van der Waals surface area (Å²) in [7, 11) is 0. The van der Waals surface area contributed by atoms with E-state index in [0.717, 1.165) is 16.3 Å². The van der Waals surface area contributed by atoms with Crippen LogP contribution in [0.2, 0.25) is 5.02 Å². The highest BCUT2D eigenvalue weighted by Gasteiger charge is 2.04. The summed E-state index contributed by atoms with van der Waals surface area (Å²) in [5.74, 6) is 6.34. The zero-order valence-electron chi connectivity index (χ0n) is 9.39. The molecule has 0 atom stereocenters. The first-order valence-corrected chi connectivity index (χ1v) is 7.44. The lowest BCUT2D eigenvalue weighted by Crippen LogP contribution is -1.81. The molecule has 0 aliphatic carbocycles. The summed E-state index contributed by atoms with van der Waals surface area (Å²) in [6.45, 7) is -0.108. The van der Waals surface area contributed by atoms with Gasteiger partial charge < -0.3 is 5.11 Å². The second kappa shape index (κ2) is 6.81. The topological polar surface area (TPSA) is 33.1 Å². The van der Waals surface area contributed by atoms with Crippen LogP contribution < -0.4 is 0 Å². The Hall–Kier alpha value is -0.990. The molecule has 0 saturated heterocycles. The van der Waals surface area contributed by atoms with E-state index in [9.17, 15) is 0 Å². The van der Waals surface area contributed by atoms with E-state index >= 15 is 0 Å². The molecule has 1 N–H and O–H groups in total. The van der Waals surface area contributed by atoms with Gasteiger partial charge in [0.05, 0.1) is 5.02 Å². The number of thioether (sulfide) groups is 1. The number of thiophene rings is 1. The molecule has 5 heteroatoms. The average Bonchev–Trinajstić information content (AvgIpc) is 2.83. The van der Waals surface area contributed by atoms with E-state index in [0.29, 0.717) is 5.02 Å². The molecular formula is C13H10ClNOS2. The molecule has 0 fully saturated rings. The highest BCUT2D eigenvalue weighted by atomic mass is 35.5. The van der Waals surface area contributed by atoms with Gasteiger partial charge in [-0.2, -0.15) is 0 Å². The Morgan fingerprint density at radius 2 is 2.39 bits per heavy atom. The molecule has 0 amide bonds. The fraction of sp³-hybridized carbons (Fsp3) is 0.154. The van der Waals surface area contributed by atoms with Gasteiger partial charge in [0, 0.05) is 27.8 Å². The summed E-state index contributed by atoms with van der Waals surface area (Å²) >= 11 is 9.29. The van der Waals surface area contributed by atoms with Crippen LogP contribution in [0.1, 0.15) is 10.4 Å². The highest BCUT2D eigenvalue weighted by molar-refractivity contribution is 7.98. The number of rotatable bonds is 3. The van der Waals surface area contributed by atoms with Gasteiger partial charge in [0.2, 0.25) is 0 Å². The van der Waals surface area contributed by atoms with Gasteiger partial charge in [0.25, 0.3) is 0 Å². The Kier molecular flexibility index (Phi) is 5.09. The third-order valence-electron chi connectivity index (χ3n) is 2.04. The predicted molar refractivity (Wildman–Crippen MR) is 77.1 cm³/mol. The van der Waals surface area contributed by atoms with Crippen LogP contribution >= 0.6 is 34.7 Å². The Morgan fingerprint density at radius 3 is 3.17 bits per heavy atom. The maximum absolute atomic E-state index is 8.62. The van der Waals surface area contributed by atoms with Gasteiger partial charge in [-0.15, -0.1) is 11.3 Å². The van der Waals surface area contributed by atoms with Crippen LogP contribution in [0.25, 0.3) is 0 Å². The molecule has 2 heterocycles. The van der Waals surface area contributed by atoms with Gasteiger partial charge >= 0.3 is 0 Å². The summed E-state index contributed by atoms with van der Waals surface area (Å²) in [4.78, 5) is 5.44. The summed E-state index contributed by atoms with van der Waals surface area (Å²) < 4.78 is 0. The fourth-order valence-electron chi connectivity index (χ4n) is 1.28. The lowest BCUT2D eigenvalue weighted by molar-refractivity contribution is 0.350. The molecule has 0 spiro atoms. The lowest BCUT2D eigenvalue weighted by Gasteiger charge is -2.00. The van der Waals surface area contributed by atoms with Crippen molar-refractivity contribution in [2.75, 3.05) is 6.61 Å². The van der Waals surface area contributed by atoms with Crippen molar-refractivity contribution in [3.63, 3.8) is 0 Å².